The maximum atomic E-state index is 12.9. The van der Waals surface area contributed by atoms with Gasteiger partial charge in [-0.25, -0.2) is 4.90 Å². The molecule has 2 aliphatic heterocycles. The molecule has 0 aliphatic carbocycles. The van der Waals surface area contributed by atoms with E-state index in [-0.39, 0.29) is 30.2 Å². The third-order valence-electron chi connectivity index (χ3n) is 6.66. The largest absolute Gasteiger partial charge is 0.426 e. The highest BCUT2D eigenvalue weighted by molar-refractivity contribution is 6.34. The molecule has 35 heavy (non-hydrogen) atoms. The number of carbonyl (C=O) groups excluding carboxylic acids is 4. The third kappa shape index (κ3) is 3.99. The lowest BCUT2D eigenvalue weighted by atomic mass is 10.1. The molecule has 1 saturated heterocycles. The molecule has 2 aliphatic rings. The van der Waals surface area contributed by atoms with Crippen LogP contribution in [0, 0.1) is 12.8 Å². The molecule has 0 saturated carbocycles. The minimum atomic E-state index is -0.565. The van der Waals surface area contributed by atoms with Crippen molar-refractivity contribution in [1.82, 2.24) is 4.90 Å². The number of anilines is 1. The summed E-state index contributed by atoms with van der Waals surface area (Å²) in [6, 6.07) is 21.0. The molecule has 2 heterocycles. The quantitative estimate of drug-likeness (QED) is 0.317. The number of hydrogen-bond acceptors (Lipinski definition) is 5. The topological polar surface area (TPSA) is 84.0 Å². The van der Waals surface area contributed by atoms with Gasteiger partial charge in [-0.15, -0.1) is 0 Å². The molecule has 0 unspecified atom stereocenters. The van der Waals surface area contributed by atoms with Gasteiger partial charge < -0.3 is 9.64 Å². The van der Waals surface area contributed by atoms with Crippen LogP contribution in [-0.4, -0.2) is 35.1 Å². The molecule has 7 nitrogen and oxygen atoms in total. The van der Waals surface area contributed by atoms with Gasteiger partial charge in [-0.2, -0.15) is 0 Å². The summed E-state index contributed by atoms with van der Waals surface area (Å²) in [7, 11) is 0. The molecule has 176 valence electrons. The molecule has 3 aromatic carbocycles. The summed E-state index contributed by atoms with van der Waals surface area (Å²) in [5, 5.41) is 0. The summed E-state index contributed by atoms with van der Waals surface area (Å²) in [5.74, 6) is -1.58. The lowest BCUT2D eigenvalue weighted by Crippen LogP contribution is -2.30. The Morgan fingerprint density at radius 1 is 0.914 bits per heavy atom. The third-order valence-corrected chi connectivity index (χ3v) is 6.66. The molecule has 5 rings (SSSR count). The Labute approximate surface area is 202 Å². The van der Waals surface area contributed by atoms with Crippen LogP contribution in [0.2, 0.25) is 0 Å². The van der Waals surface area contributed by atoms with Crippen LogP contribution in [0.3, 0.4) is 0 Å². The fourth-order valence-corrected chi connectivity index (χ4v) is 4.73. The number of hydrogen-bond donors (Lipinski definition) is 0. The van der Waals surface area contributed by atoms with Crippen molar-refractivity contribution in [3.8, 4) is 5.75 Å². The smallest absolute Gasteiger partial charge is 0.316 e. The van der Waals surface area contributed by atoms with E-state index in [2.05, 4.69) is 0 Å². The number of nitrogens with zero attached hydrogens (tertiary/aromatic N) is 2. The van der Waals surface area contributed by atoms with Crippen molar-refractivity contribution in [1.29, 1.82) is 0 Å². The van der Waals surface area contributed by atoms with Crippen molar-refractivity contribution in [2.45, 2.75) is 26.3 Å². The zero-order valence-corrected chi connectivity index (χ0v) is 19.4. The van der Waals surface area contributed by atoms with Gasteiger partial charge in [0.05, 0.1) is 28.8 Å². The van der Waals surface area contributed by atoms with E-state index < -0.39 is 11.9 Å². The van der Waals surface area contributed by atoms with Crippen LogP contribution in [-0.2, 0) is 9.59 Å². The second-order valence-corrected chi connectivity index (χ2v) is 8.89. The molecule has 0 bridgehead atoms. The maximum absolute atomic E-state index is 12.9. The first-order valence-corrected chi connectivity index (χ1v) is 11.5. The van der Waals surface area contributed by atoms with Crippen LogP contribution >= 0.6 is 0 Å². The van der Waals surface area contributed by atoms with Crippen LogP contribution in [0.15, 0.2) is 72.8 Å². The van der Waals surface area contributed by atoms with Gasteiger partial charge >= 0.3 is 5.97 Å². The molecule has 0 N–H and O–H groups in total. The monoisotopic (exact) mass is 468 g/mol. The van der Waals surface area contributed by atoms with E-state index in [4.69, 9.17) is 4.74 Å². The molecule has 3 amide bonds. The number of amides is 3. The Hall–Kier alpha value is -4.26. The number of rotatable bonds is 5. The van der Waals surface area contributed by atoms with Gasteiger partial charge in [0, 0.05) is 13.0 Å². The minimum absolute atomic E-state index is 0.0829. The molecule has 2 atom stereocenters. The zero-order chi connectivity index (χ0) is 24.7. The fourth-order valence-electron chi connectivity index (χ4n) is 4.73. The Kier molecular flexibility index (Phi) is 5.68. The van der Waals surface area contributed by atoms with E-state index in [0.29, 0.717) is 34.7 Å². The van der Waals surface area contributed by atoms with E-state index in [1.807, 2.05) is 37.3 Å². The summed E-state index contributed by atoms with van der Waals surface area (Å²) >= 11 is 0. The summed E-state index contributed by atoms with van der Waals surface area (Å²) in [5.41, 5.74) is 2.80. The highest BCUT2D eigenvalue weighted by Gasteiger charge is 2.39. The second-order valence-electron chi connectivity index (χ2n) is 8.89. The predicted molar refractivity (Wildman–Crippen MR) is 129 cm³/mol. The minimum Gasteiger partial charge on any atom is -0.426 e. The summed E-state index contributed by atoms with van der Waals surface area (Å²) < 4.78 is 5.59. The van der Waals surface area contributed by atoms with Crippen LogP contribution in [0.1, 0.15) is 51.2 Å². The molecule has 3 aromatic rings. The van der Waals surface area contributed by atoms with Crippen molar-refractivity contribution in [3.05, 3.63) is 95.1 Å². The molecular formula is C28H24N2O5. The number of fused-ring (bicyclic) bond motifs is 1. The van der Waals surface area contributed by atoms with Gasteiger partial charge in [0.2, 0.25) is 5.91 Å². The van der Waals surface area contributed by atoms with Crippen molar-refractivity contribution < 1.29 is 23.9 Å². The Morgan fingerprint density at radius 2 is 1.54 bits per heavy atom. The van der Waals surface area contributed by atoms with Crippen LogP contribution in [0.5, 0.6) is 5.75 Å². The van der Waals surface area contributed by atoms with Gasteiger partial charge in [-0.05, 0) is 55.3 Å². The van der Waals surface area contributed by atoms with E-state index in [1.54, 1.807) is 54.3 Å². The first-order valence-electron chi connectivity index (χ1n) is 11.5. The van der Waals surface area contributed by atoms with Crippen LogP contribution in [0.4, 0.5) is 5.69 Å². The Bertz CT molecular complexity index is 1320. The fraction of sp³-hybridized carbons (Fsp3) is 0.214. The molecule has 1 fully saturated rings. The maximum Gasteiger partial charge on any atom is 0.316 e. The number of esters is 1. The van der Waals surface area contributed by atoms with E-state index >= 15 is 0 Å². The molecule has 0 spiro atoms. The lowest BCUT2D eigenvalue weighted by molar-refractivity contribution is -0.139. The first-order chi connectivity index (χ1) is 16.8. The van der Waals surface area contributed by atoms with E-state index in [0.717, 1.165) is 10.5 Å². The van der Waals surface area contributed by atoms with Crippen molar-refractivity contribution in [2.75, 3.05) is 11.4 Å². The van der Waals surface area contributed by atoms with Crippen molar-refractivity contribution in [3.63, 3.8) is 0 Å². The zero-order valence-electron chi connectivity index (χ0n) is 19.4. The molecule has 7 heteroatoms. The van der Waals surface area contributed by atoms with Gasteiger partial charge in [0.1, 0.15) is 5.75 Å². The Morgan fingerprint density at radius 3 is 2.17 bits per heavy atom. The number of benzene rings is 3. The summed E-state index contributed by atoms with van der Waals surface area (Å²) in [6.07, 6.45) is 0.0993. The molecule has 0 aromatic heterocycles. The second kappa shape index (κ2) is 8.83. The number of imide groups is 1. The van der Waals surface area contributed by atoms with E-state index in [1.165, 1.54) is 0 Å². The molecular weight excluding hydrogens is 444 g/mol. The molecule has 0 radical (unpaired) electrons. The average Bonchev–Trinajstić information content (AvgIpc) is 3.37. The summed E-state index contributed by atoms with van der Waals surface area (Å²) in [4.78, 5) is 53.9. The number of carbonyl (C=O) groups is 4. The van der Waals surface area contributed by atoms with Crippen molar-refractivity contribution in [2.24, 2.45) is 5.92 Å². The van der Waals surface area contributed by atoms with Crippen LogP contribution < -0.4 is 9.64 Å². The predicted octanol–water partition coefficient (Wildman–Crippen LogP) is 4.31. The lowest BCUT2D eigenvalue weighted by Gasteiger charge is -2.25. The number of aryl methyl sites for hydroxylation is 1. The highest BCUT2D eigenvalue weighted by atomic mass is 16.5. The standard InChI is InChI=1S/C28H24N2O5/c1-17-14-21(12-13-24(17)30-26(32)22-10-6-7-11-23(22)27(30)33)35-28(34)20-15-25(31)29(16-20)18(2)19-8-4-3-5-9-19/h3-14,18,20H,15-16H2,1-2H3/t18-,20-/m0/s1. The number of ether oxygens (including phenoxy) is 1. The Balaban J connectivity index is 1.28. The van der Waals surface area contributed by atoms with Crippen molar-refractivity contribution >= 4 is 29.4 Å². The normalized spacial score (nSPS) is 18.1. The first kappa shape index (κ1) is 22.5. The van der Waals surface area contributed by atoms with Gasteiger partial charge in [-0.3, -0.25) is 19.2 Å². The summed E-state index contributed by atoms with van der Waals surface area (Å²) in [6.45, 7) is 3.99. The van der Waals surface area contributed by atoms with Crippen LogP contribution in [0.25, 0.3) is 0 Å². The SMILES string of the molecule is Cc1cc(OC(=O)[C@H]2CC(=O)N([C@@H](C)c3ccccc3)C2)ccc1N1C(=O)c2ccccc2C1=O. The highest BCUT2D eigenvalue weighted by Crippen LogP contribution is 2.33. The van der Waals surface area contributed by atoms with Gasteiger partial charge in [0.15, 0.2) is 0 Å². The van der Waals surface area contributed by atoms with E-state index in [9.17, 15) is 19.2 Å². The van der Waals surface area contributed by atoms with Gasteiger partial charge in [0.25, 0.3) is 11.8 Å². The average molecular weight is 469 g/mol. The number of likely N-dealkylation sites (tertiary alicyclic amines) is 1. The van der Waals surface area contributed by atoms with Gasteiger partial charge in [-0.1, -0.05) is 42.5 Å².